The molecule has 1 aliphatic rings. The van der Waals surface area contributed by atoms with Crippen molar-refractivity contribution in [2.45, 2.75) is 25.4 Å². The lowest BCUT2D eigenvalue weighted by molar-refractivity contribution is -0.385. The van der Waals surface area contributed by atoms with Crippen LogP contribution in [0.5, 0.6) is 5.75 Å². The van der Waals surface area contributed by atoms with E-state index in [-0.39, 0.29) is 17.5 Å². The summed E-state index contributed by atoms with van der Waals surface area (Å²) in [5.74, 6) is 0.706. The molecule has 1 saturated carbocycles. The van der Waals surface area contributed by atoms with Gasteiger partial charge in [0.15, 0.2) is 5.75 Å². The monoisotopic (exact) mass is 266 g/mol. The number of methoxy groups -OCH3 is 1. The Kier molecular flexibility index (Phi) is 4.21. The zero-order chi connectivity index (χ0) is 13.8. The first-order chi connectivity index (χ1) is 9.10. The number of ether oxygens (including phenoxy) is 1. The summed E-state index contributed by atoms with van der Waals surface area (Å²) in [5.41, 5.74) is 0.758. The zero-order valence-electron chi connectivity index (χ0n) is 10.8. The van der Waals surface area contributed by atoms with E-state index in [4.69, 9.17) is 4.74 Å². The summed E-state index contributed by atoms with van der Waals surface area (Å²) >= 11 is 0. The maximum Gasteiger partial charge on any atom is 0.311 e. The maximum absolute atomic E-state index is 10.8. The van der Waals surface area contributed by atoms with E-state index < -0.39 is 4.92 Å². The zero-order valence-corrected chi connectivity index (χ0v) is 10.8. The molecule has 6 heteroatoms. The van der Waals surface area contributed by atoms with Crippen molar-refractivity contribution >= 4 is 11.4 Å². The average molecular weight is 266 g/mol. The molecular formula is C13H18N2O4. The standard InChI is InChI=1S/C13H18N2O4/c1-19-13-7-10(3-5-12(13)15(17)18)14-8-9-2-4-11(16)6-9/h3,5,7,9,11,14,16H,2,4,6,8H2,1H3. The fourth-order valence-corrected chi connectivity index (χ4v) is 2.43. The van der Waals surface area contributed by atoms with E-state index in [1.54, 1.807) is 12.1 Å². The summed E-state index contributed by atoms with van der Waals surface area (Å²) in [6.45, 7) is 0.762. The van der Waals surface area contributed by atoms with Gasteiger partial charge in [-0.05, 0) is 31.2 Å². The second-order valence-electron chi connectivity index (χ2n) is 4.86. The first-order valence-electron chi connectivity index (χ1n) is 6.34. The normalized spacial score (nSPS) is 22.2. The van der Waals surface area contributed by atoms with Gasteiger partial charge >= 0.3 is 5.69 Å². The Morgan fingerprint density at radius 2 is 2.32 bits per heavy atom. The summed E-state index contributed by atoms with van der Waals surface area (Å²) in [6, 6.07) is 4.74. The Labute approximate surface area is 111 Å². The predicted molar refractivity (Wildman–Crippen MR) is 71.5 cm³/mol. The van der Waals surface area contributed by atoms with Gasteiger partial charge in [-0.1, -0.05) is 0 Å². The molecule has 1 aromatic rings. The van der Waals surface area contributed by atoms with Crippen LogP contribution in [0.15, 0.2) is 18.2 Å². The number of anilines is 1. The second-order valence-corrected chi connectivity index (χ2v) is 4.86. The van der Waals surface area contributed by atoms with Crippen LogP contribution in [0.25, 0.3) is 0 Å². The number of nitro groups is 1. The van der Waals surface area contributed by atoms with Crippen LogP contribution in [0.4, 0.5) is 11.4 Å². The molecular weight excluding hydrogens is 248 g/mol. The lowest BCUT2D eigenvalue weighted by Crippen LogP contribution is -2.12. The molecule has 19 heavy (non-hydrogen) atoms. The molecule has 0 saturated heterocycles. The molecule has 1 aromatic carbocycles. The number of benzene rings is 1. The third kappa shape index (κ3) is 3.35. The smallest absolute Gasteiger partial charge is 0.311 e. The molecule has 2 atom stereocenters. The Morgan fingerprint density at radius 1 is 1.53 bits per heavy atom. The lowest BCUT2D eigenvalue weighted by Gasteiger charge is -2.12. The van der Waals surface area contributed by atoms with Gasteiger partial charge in [0.25, 0.3) is 0 Å². The van der Waals surface area contributed by atoms with Crippen molar-refractivity contribution in [1.82, 2.24) is 0 Å². The average Bonchev–Trinajstić information content (AvgIpc) is 2.81. The van der Waals surface area contributed by atoms with Gasteiger partial charge in [0.1, 0.15) is 0 Å². The van der Waals surface area contributed by atoms with Gasteiger partial charge in [-0.25, -0.2) is 0 Å². The molecule has 2 N–H and O–H groups in total. The molecule has 0 amide bonds. The molecule has 6 nitrogen and oxygen atoms in total. The third-order valence-corrected chi connectivity index (χ3v) is 3.48. The van der Waals surface area contributed by atoms with E-state index in [0.29, 0.717) is 5.92 Å². The molecule has 1 fully saturated rings. The minimum atomic E-state index is -0.462. The van der Waals surface area contributed by atoms with Gasteiger partial charge in [0.2, 0.25) is 0 Å². The predicted octanol–water partition coefficient (Wildman–Crippen LogP) is 2.18. The van der Waals surface area contributed by atoms with Crippen LogP contribution in [-0.2, 0) is 0 Å². The molecule has 0 aromatic heterocycles. The highest BCUT2D eigenvalue weighted by atomic mass is 16.6. The highest BCUT2D eigenvalue weighted by Gasteiger charge is 2.22. The number of aliphatic hydroxyl groups excluding tert-OH is 1. The Hall–Kier alpha value is -1.82. The number of nitrogens with zero attached hydrogens (tertiary/aromatic N) is 1. The summed E-state index contributed by atoms with van der Waals surface area (Å²) in [6.07, 6.45) is 2.50. The van der Waals surface area contributed by atoms with Crippen molar-refractivity contribution in [2.24, 2.45) is 5.92 Å². The first kappa shape index (κ1) is 13.6. The summed E-state index contributed by atoms with van der Waals surface area (Å²) < 4.78 is 5.01. The van der Waals surface area contributed by atoms with Crippen molar-refractivity contribution in [2.75, 3.05) is 19.0 Å². The Morgan fingerprint density at radius 3 is 2.89 bits per heavy atom. The van der Waals surface area contributed by atoms with E-state index in [2.05, 4.69) is 5.32 Å². The number of aliphatic hydroxyl groups is 1. The van der Waals surface area contributed by atoms with Crippen LogP contribution in [0.2, 0.25) is 0 Å². The number of hydrogen-bond donors (Lipinski definition) is 2. The molecule has 0 radical (unpaired) electrons. The van der Waals surface area contributed by atoms with Crippen LogP contribution in [-0.4, -0.2) is 29.8 Å². The largest absolute Gasteiger partial charge is 0.490 e. The highest BCUT2D eigenvalue weighted by molar-refractivity contribution is 5.57. The molecule has 0 heterocycles. The van der Waals surface area contributed by atoms with Gasteiger partial charge < -0.3 is 15.2 Å². The summed E-state index contributed by atoms with van der Waals surface area (Å²) in [7, 11) is 1.42. The van der Waals surface area contributed by atoms with Crippen LogP contribution >= 0.6 is 0 Å². The number of nitro benzene ring substituents is 1. The highest BCUT2D eigenvalue weighted by Crippen LogP contribution is 2.30. The van der Waals surface area contributed by atoms with Gasteiger partial charge in [0.05, 0.1) is 18.1 Å². The summed E-state index contributed by atoms with van der Waals surface area (Å²) in [4.78, 5) is 10.3. The first-order valence-corrected chi connectivity index (χ1v) is 6.34. The van der Waals surface area contributed by atoms with Gasteiger partial charge in [0, 0.05) is 24.4 Å². The third-order valence-electron chi connectivity index (χ3n) is 3.48. The fraction of sp³-hybridized carbons (Fsp3) is 0.538. The van der Waals surface area contributed by atoms with Crippen molar-refractivity contribution < 1.29 is 14.8 Å². The molecule has 0 aliphatic heterocycles. The Balaban J connectivity index is 1.99. The topological polar surface area (TPSA) is 84.6 Å². The molecule has 0 spiro atoms. The molecule has 1 aliphatic carbocycles. The van der Waals surface area contributed by atoms with Gasteiger partial charge in [-0.15, -0.1) is 0 Å². The minimum absolute atomic E-state index is 0.0376. The van der Waals surface area contributed by atoms with Gasteiger partial charge in [-0.3, -0.25) is 10.1 Å². The molecule has 2 rings (SSSR count). The van der Waals surface area contributed by atoms with Crippen molar-refractivity contribution in [3.8, 4) is 5.75 Å². The van der Waals surface area contributed by atoms with Crippen molar-refractivity contribution in [3.63, 3.8) is 0 Å². The number of nitrogens with one attached hydrogen (secondary N) is 1. The fourth-order valence-electron chi connectivity index (χ4n) is 2.43. The van der Waals surface area contributed by atoms with Crippen LogP contribution < -0.4 is 10.1 Å². The van der Waals surface area contributed by atoms with E-state index >= 15 is 0 Å². The van der Waals surface area contributed by atoms with E-state index in [1.165, 1.54) is 13.2 Å². The minimum Gasteiger partial charge on any atom is -0.490 e. The van der Waals surface area contributed by atoms with Crippen LogP contribution in [0, 0.1) is 16.0 Å². The lowest BCUT2D eigenvalue weighted by atomic mass is 10.1. The summed E-state index contributed by atoms with van der Waals surface area (Å²) in [5, 5.41) is 23.5. The molecule has 0 bridgehead atoms. The van der Waals surface area contributed by atoms with Crippen molar-refractivity contribution in [3.05, 3.63) is 28.3 Å². The quantitative estimate of drug-likeness (QED) is 0.630. The Bertz CT molecular complexity index is 464. The SMILES string of the molecule is COc1cc(NCC2CCC(O)C2)ccc1[N+](=O)[O-]. The molecule has 2 unspecified atom stereocenters. The van der Waals surface area contributed by atoms with E-state index in [1.807, 2.05) is 0 Å². The number of rotatable bonds is 5. The van der Waals surface area contributed by atoms with Crippen LogP contribution in [0.1, 0.15) is 19.3 Å². The van der Waals surface area contributed by atoms with E-state index in [0.717, 1.165) is 31.5 Å². The van der Waals surface area contributed by atoms with Gasteiger partial charge in [-0.2, -0.15) is 0 Å². The molecule has 104 valence electrons. The second kappa shape index (κ2) is 5.88. The van der Waals surface area contributed by atoms with E-state index in [9.17, 15) is 15.2 Å². The maximum atomic E-state index is 10.8. The number of hydrogen-bond acceptors (Lipinski definition) is 5. The van der Waals surface area contributed by atoms with Crippen molar-refractivity contribution in [1.29, 1.82) is 0 Å². The van der Waals surface area contributed by atoms with Crippen LogP contribution in [0.3, 0.4) is 0 Å².